The summed E-state index contributed by atoms with van der Waals surface area (Å²) in [6.45, 7) is 7.46. The molecule has 2 amide bonds. The second-order valence-corrected chi connectivity index (χ2v) is 11.9. The summed E-state index contributed by atoms with van der Waals surface area (Å²) in [5.41, 5.74) is 1.91. The van der Waals surface area contributed by atoms with E-state index < -0.39 is 28.5 Å². The van der Waals surface area contributed by atoms with Crippen molar-refractivity contribution in [1.82, 2.24) is 10.2 Å². The SMILES string of the molecule is Cc1ccc(S(=O)(=O)N(CC(=O)N(Cc2ccccc2Cl)C(C)C(=O)NCC(C)C)c2ccccc2)cc1. The van der Waals surface area contributed by atoms with Crippen molar-refractivity contribution in [3.05, 3.63) is 95.0 Å². The van der Waals surface area contributed by atoms with Crippen molar-refractivity contribution >= 4 is 39.1 Å². The van der Waals surface area contributed by atoms with E-state index in [4.69, 9.17) is 11.6 Å². The molecule has 1 atom stereocenters. The summed E-state index contributed by atoms with van der Waals surface area (Å²) in [7, 11) is -4.09. The Labute approximate surface area is 230 Å². The topological polar surface area (TPSA) is 86.8 Å². The van der Waals surface area contributed by atoms with Gasteiger partial charge in [-0.3, -0.25) is 13.9 Å². The highest BCUT2D eigenvalue weighted by Crippen LogP contribution is 2.25. The van der Waals surface area contributed by atoms with Crippen molar-refractivity contribution in [2.45, 2.75) is 45.2 Å². The third-order valence-corrected chi connectivity index (χ3v) is 8.24. The predicted molar refractivity (Wildman–Crippen MR) is 151 cm³/mol. The average molecular weight is 556 g/mol. The van der Waals surface area contributed by atoms with Gasteiger partial charge in [-0.15, -0.1) is 0 Å². The van der Waals surface area contributed by atoms with Crippen molar-refractivity contribution < 1.29 is 18.0 Å². The first-order chi connectivity index (χ1) is 18.0. The Bertz CT molecular complexity index is 1350. The Hall–Kier alpha value is -3.36. The van der Waals surface area contributed by atoms with E-state index in [0.717, 1.165) is 9.87 Å². The number of benzene rings is 3. The van der Waals surface area contributed by atoms with Gasteiger partial charge in [-0.25, -0.2) is 8.42 Å². The first-order valence-corrected chi connectivity index (χ1v) is 14.3. The minimum Gasteiger partial charge on any atom is -0.354 e. The fourth-order valence-corrected chi connectivity index (χ4v) is 5.42. The van der Waals surface area contributed by atoms with E-state index in [2.05, 4.69) is 5.32 Å². The van der Waals surface area contributed by atoms with E-state index >= 15 is 0 Å². The number of rotatable bonds is 11. The Morgan fingerprint density at radius 2 is 1.50 bits per heavy atom. The highest BCUT2D eigenvalue weighted by molar-refractivity contribution is 7.92. The number of hydrogen-bond acceptors (Lipinski definition) is 4. The molecule has 3 aromatic carbocycles. The number of nitrogens with one attached hydrogen (secondary N) is 1. The lowest BCUT2D eigenvalue weighted by molar-refractivity contribution is -0.139. The minimum absolute atomic E-state index is 0.0436. The molecule has 0 radical (unpaired) electrons. The van der Waals surface area contributed by atoms with Crippen LogP contribution in [0.15, 0.2) is 83.8 Å². The number of amides is 2. The largest absolute Gasteiger partial charge is 0.354 e. The molecule has 3 aromatic rings. The summed E-state index contributed by atoms with van der Waals surface area (Å²) in [6.07, 6.45) is 0. The molecule has 1 N–H and O–H groups in total. The number of carbonyl (C=O) groups is 2. The lowest BCUT2D eigenvalue weighted by Crippen LogP contribution is -2.51. The Morgan fingerprint density at radius 3 is 2.11 bits per heavy atom. The first kappa shape index (κ1) is 29.2. The lowest BCUT2D eigenvalue weighted by atomic mass is 10.1. The van der Waals surface area contributed by atoms with Crippen molar-refractivity contribution in [2.75, 3.05) is 17.4 Å². The molecule has 0 heterocycles. The Kier molecular flexibility index (Phi) is 9.94. The lowest BCUT2D eigenvalue weighted by Gasteiger charge is -2.32. The number of hydrogen-bond donors (Lipinski definition) is 1. The first-order valence-electron chi connectivity index (χ1n) is 12.5. The van der Waals surface area contributed by atoms with E-state index in [-0.39, 0.29) is 23.3 Å². The molecule has 0 bridgehead atoms. The standard InChI is InChI=1S/C29H34ClN3O4S/c1-21(2)18-31-29(35)23(4)32(19-24-10-8-9-13-27(24)30)28(34)20-33(25-11-6-5-7-12-25)38(36,37)26-16-14-22(3)15-17-26/h5-17,21,23H,18-20H2,1-4H3,(H,31,35). The molecule has 0 aromatic heterocycles. The maximum Gasteiger partial charge on any atom is 0.264 e. The van der Waals surface area contributed by atoms with Crippen LogP contribution in [0.25, 0.3) is 0 Å². The van der Waals surface area contributed by atoms with Crippen LogP contribution in [0.4, 0.5) is 5.69 Å². The maximum atomic E-state index is 13.9. The fraction of sp³-hybridized carbons (Fsp3) is 0.310. The van der Waals surface area contributed by atoms with Crippen molar-refractivity contribution in [2.24, 2.45) is 5.92 Å². The predicted octanol–water partition coefficient (Wildman–Crippen LogP) is 5.03. The van der Waals surface area contributed by atoms with Crippen LogP contribution < -0.4 is 9.62 Å². The molecule has 3 rings (SSSR count). The molecule has 202 valence electrons. The van der Waals surface area contributed by atoms with Gasteiger partial charge in [0.05, 0.1) is 10.6 Å². The molecule has 0 saturated heterocycles. The van der Waals surface area contributed by atoms with E-state index in [0.29, 0.717) is 22.8 Å². The van der Waals surface area contributed by atoms with Gasteiger partial charge in [-0.2, -0.15) is 0 Å². The summed E-state index contributed by atoms with van der Waals surface area (Å²) in [5, 5.41) is 3.32. The van der Waals surface area contributed by atoms with Gasteiger partial charge in [0.25, 0.3) is 10.0 Å². The molecule has 0 aliphatic rings. The van der Waals surface area contributed by atoms with Crippen LogP contribution in [-0.2, 0) is 26.2 Å². The molecule has 0 spiro atoms. The van der Waals surface area contributed by atoms with Crippen LogP contribution in [0, 0.1) is 12.8 Å². The van der Waals surface area contributed by atoms with Gasteiger partial charge in [0, 0.05) is 18.1 Å². The molecule has 0 fully saturated rings. The van der Waals surface area contributed by atoms with Crippen molar-refractivity contribution in [3.63, 3.8) is 0 Å². The summed E-state index contributed by atoms with van der Waals surface area (Å²) in [4.78, 5) is 28.3. The third kappa shape index (κ3) is 7.36. The third-order valence-electron chi connectivity index (χ3n) is 6.08. The molecule has 0 saturated carbocycles. The summed E-state index contributed by atoms with van der Waals surface area (Å²) >= 11 is 6.38. The van der Waals surface area contributed by atoms with Crippen LogP contribution >= 0.6 is 11.6 Å². The second-order valence-electron chi connectivity index (χ2n) is 9.59. The summed E-state index contributed by atoms with van der Waals surface area (Å²) in [6, 6.07) is 21.1. The van der Waals surface area contributed by atoms with Gasteiger partial charge in [0.2, 0.25) is 11.8 Å². The van der Waals surface area contributed by atoms with Gasteiger partial charge < -0.3 is 10.2 Å². The number of para-hydroxylation sites is 1. The normalized spacial score (nSPS) is 12.2. The van der Waals surface area contributed by atoms with Gasteiger partial charge in [0.15, 0.2) is 0 Å². The monoisotopic (exact) mass is 555 g/mol. The molecule has 0 aliphatic carbocycles. The summed E-state index contributed by atoms with van der Waals surface area (Å²) < 4.78 is 28.6. The van der Waals surface area contributed by atoms with E-state index in [1.807, 2.05) is 20.8 Å². The molecule has 7 nitrogen and oxygen atoms in total. The number of carbonyl (C=O) groups excluding carboxylic acids is 2. The molecule has 38 heavy (non-hydrogen) atoms. The van der Waals surface area contributed by atoms with Gasteiger partial charge in [-0.1, -0.05) is 79.5 Å². The van der Waals surface area contributed by atoms with Crippen molar-refractivity contribution in [3.8, 4) is 0 Å². The Morgan fingerprint density at radius 1 is 0.895 bits per heavy atom. The second kappa shape index (κ2) is 12.9. The van der Waals surface area contributed by atoms with Crippen molar-refractivity contribution in [1.29, 1.82) is 0 Å². The van der Waals surface area contributed by atoms with E-state index in [9.17, 15) is 18.0 Å². The molecule has 9 heteroatoms. The highest BCUT2D eigenvalue weighted by Gasteiger charge is 2.32. The zero-order chi connectivity index (χ0) is 27.9. The number of nitrogens with zero attached hydrogens (tertiary/aromatic N) is 2. The van der Waals surface area contributed by atoms with Gasteiger partial charge in [0.1, 0.15) is 12.6 Å². The number of anilines is 1. The van der Waals surface area contributed by atoms with Gasteiger partial charge in [-0.05, 0) is 55.7 Å². The van der Waals surface area contributed by atoms with Gasteiger partial charge >= 0.3 is 0 Å². The number of halogens is 1. The zero-order valence-corrected chi connectivity index (χ0v) is 23.7. The average Bonchev–Trinajstić information content (AvgIpc) is 2.90. The molecular weight excluding hydrogens is 522 g/mol. The quantitative estimate of drug-likeness (QED) is 0.359. The molecular formula is C29H34ClN3O4S. The molecule has 0 aliphatic heterocycles. The number of sulfonamides is 1. The minimum atomic E-state index is -4.09. The Balaban J connectivity index is 1.99. The molecule has 1 unspecified atom stereocenters. The van der Waals surface area contributed by atoms with Crippen LogP contribution in [-0.4, -0.2) is 44.3 Å². The van der Waals surface area contributed by atoms with Crippen LogP contribution in [0.5, 0.6) is 0 Å². The number of aryl methyl sites for hydroxylation is 1. The summed E-state index contributed by atoms with van der Waals surface area (Å²) in [5.74, 6) is -0.629. The van der Waals surface area contributed by atoms with Crippen LogP contribution in [0.3, 0.4) is 0 Å². The highest BCUT2D eigenvalue weighted by atomic mass is 35.5. The smallest absolute Gasteiger partial charge is 0.264 e. The van der Waals surface area contributed by atoms with Crippen LogP contribution in [0.1, 0.15) is 31.9 Å². The van der Waals surface area contributed by atoms with E-state index in [1.54, 1.807) is 73.7 Å². The van der Waals surface area contributed by atoms with E-state index in [1.165, 1.54) is 17.0 Å². The van der Waals surface area contributed by atoms with Crippen LogP contribution in [0.2, 0.25) is 5.02 Å². The fourth-order valence-electron chi connectivity index (χ4n) is 3.81. The maximum absolute atomic E-state index is 13.9. The zero-order valence-electron chi connectivity index (χ0n) is 22.1.